The molecule has 6 heteroatoms. The van der Waals surface area contributed by atoms with Crippen LogP contribution in [-0.2, 0) is 9.59 Å². The summed E-state index contributed by atoms with van der Waals surface area (Å²) >= 11 is 5.97. The lowest BCUT2D eigenvalue weighted by atomic mass is 9.97. The molecule has 1 aromatic rings. The van der Waals surface area contributed by atoms with Crippen molar-refractivity contribution in [3.63, 3.8) is 0 Å². The first kappa shape index (κ1) is 16.6. The van der Waals surface area contributed by atoms with Crippen LogP contribution in [0.4, 0.5) is 5.69 Å². The predicted octanol–water partition coefficient (Wildman–Crippen LogP) is 2.98. The summed E-state index contributed by atoms with van der Waals surface area (Å²) in [5.74, 6) is 0.271. The van der Waals surface area contributed by atoms with Crippen LogP contribution in [0.1, 0.15) is 32.6 Å². The van der Waals surface area contributed by atoms with Crippen molar-refractivity contribution in [2.45, 2.75) is 38.6 Å². The number of carbonyl (C=O) groups is 2. The molecule has 2 N–H and O–H groups in total. The minimum atomic E-state index is -0.524. The molecule has 0 spiro atoms. The van der Waals surface area contributed by atoms with Crippen LogP contribution < -0.4 is 15.4 Å². The lowest BCUT2D eigenvalue weighted by Gasteiger charge is -2.23. The Morgan fingerprint density at radius 3 is 2.59 bits per heavy atom. The molecular formula is C16H21ClN2O3. The average molecular weight is 325 g/mol. The predicted molar refractivity (Wildman–Crippen MR) is 86.2 cm³/mol. The van der Waals surface area contributed by atoms with E-state index < -0.39 is 6.04 Å². The maximum absolute atomic E-state index is 12.6. The van der Waals surface area contributed by atoms with Crippen LogP contribution >= 0.6 is 11.6 Å². The highest BCUT2D eigenvalue weighted by molar-refractivity contribution is 6.31. The molecule has 1 aromatic carbocycles. The van der Waals surface area contributed by atoms with Crippen LogP contribution in [0.3, 0.4) is 0 Å². The second-order valence-electron chi connectivity index (χ2n) is 5.56. The van der Waals surface area contributed by atoms with Gasteiger partial charge in [-0.2, -0.15) is 0 Å². The van der Waals surface area contributed by atoms with Gasteiger partial charge < -0.3 is 15.4 Å². The molecule has 5 nitrogen and oxygen atoms in total. The zero-order chi connectivity index (χ0) is 16.1. The molecule has 0 aromatic heterocycles. The molecule has 22 heavy (non-hydrogen) atoms. The third-order valence-corrected chi connectivity index (χ3v) is 4.17. The van der Waals surface area contributed by atoms with E-state index in [1.54, 1.807) is 18.2 Å². The molecule has 0 aliphatic heterocycles. The smallest absolute Gasteiger partial charge is 0.247 e. The number of amides is 2. The Morgan fingerprint density at radius 2 is 2.00 bits per heavy atom. The Bertz CT molecular complexity index is 556. The summed E-state index contributed by atoms with van der Waals surface area (Å²) in [6, 6.07) is 4.50. The maximum Gasteiger partial charge on any atom is 0.247 e. The van der Waals surface area contributed by atoms with E-state index in [0.29, 0.717) is 16.5 Å². The number of rotatable bonds is 5. The summed E-state index contributed by atoms with van der Waals surface area (Å²) in [4.78, 5) is 24.0. The van der Waals surface area contributed by atoms with Gasteiger partial charge in [0.15, 0.2) is 0 Å². The Kier molecular flexibility index (Phi) is 5.66. The molecule has 120 valence electrons. The van der Waals surface area contributed by atoms with Gasteiger partial charge in [0.2, 0.25) is 11.8 Å². The second-order valence-corrected chi connectivity index (χ2v) is 5.99. The average Bonchev–Trinajstić information content (AvgIpc) is 2.98. The number of anilines is 1. The minimum Gasteiger partial charge on any atom is -0.495 e. The van der Waals surface area contributed by atoms with Crippen molar-refractivity contribution in [2.75, 3.05) is 12.4 Å². The first-order valence-electron chi connectivity index (χ1n) is 7.42. The zero-order valence-corrected chi connectivity index (χ0v) is 13.6. The topological polar surface area (TPSA) is 67.4 Å². The second kappa shape index (κ2) is 7.49. The van der Waals surface area contributed by atoms with E-state index in [-0.39, 0.29) is 17.7 Å². The van der Waals surface area contributed by atoms with Crippen LogP contribution in [0, 0.1) is 5.92 Å². The lowest BCUT2D eigenvalue weighted by Crippen LogP contribution is -2.47. The number of hydrogen-bond acceptors (Lipinski definition) is 3. The molecule has 0 radical (unpaired) electrons. The molecule has 2 amide bonds. The van der Waals surface area contributed by atoms with Crippen molar-refractivity contribution in [3.05, 3.63) is 23.2 Å². The minimum absolute atomic E-state index is 0.175. The summed E-state index contributed by atoms with van der Waals surface area (Å²) in [5.41, 5.74) is 0.508. The SMILES string of the molecule is COc1ccc(Cl)cc1NC(=O)[C@H](NC(C)=O)C1CCCC1. The number of benzene rings is 1. The molecule has 1 atom stereocenters. The number of hydrogen-bond donors (Lipinski definition) is 2. The Hall–Kier alpha value is -1.75. The van der Waals surface area contributed by atoms with Gasteiger partial charge in [0.1, 0.15) is 11.8 Å². The van der Waals surface area contributed by atoms with Crippen molar-refractivity contribution >= 4 is 29.1 Å². The summed E-state index contributed by atoms with van der Waals surface area (Å²) in [6.45, 7) is 1.43. The van der Waals surface area contributed by atoms with Gasteiger partial charge in [-0.1, -0.05) is 24.4 Å². The van der Waals surface area contributed by atoms with Crippen LogP contribution in [-0.4, -0.2) is 25.0 Å². The number of halogens is 1. The monoisotopic (exact) mass is 324 g/mol. The number of carbonyl (C=O) groups excluding carboxylic acids is 2. The standard InChI is InChI=1S/C16H21ClN2O3/c1-10(20)18-15(11-5-3-4-6-11)16(21)19-13-9-12(17)7-8-14(13)22-2/h7-9,11,15H,3-6H2,1-2H3,(H,18,20)(H,19,21)/t15-/m1/s1. The van der Waals surface area contributed by atoms with Gasteiger partial charge in [-0.15, -0.1) is 0 Å². The number of nitrogens with one attached hydrogen (secondary N) is 2. The van der Waals surface area contributed by atoms with Crippen LogP contribution in [0.15, 0.2) is 18.2 Å². The van der Waals surface area contributed by atoms with E-state index in [1.165, 1.54) is 14.0 Å². The normalized spacial score (nSPS) is 16.1. The zero-order valence-electron chi connectivity index (χ0n) is 12.8. The molecule has 1 fully saturated rings. The van der Waals surface area contributed by atoms with Crippen molar-refractivity contribution in [2.24, 2.45) is 5.92 Å². The first-order valence-corrected chi connectivity index (χ1v) is 7.80. The summed E-state index contributed by atoms with van der Waals surface area (Å²) in [7, 11) is 1.53. The molecule has 1 saturated carbocycles. The van der Waals surface area contributed by atoms with Crippen molar-refractivity contribution in [1.29, 1.82) is 0 Å². The van der Waals surface area contributed by atoms with Crippen molar-refractivity contribution in [3.8, 4) is 5.75 Å². The van der Waals surface area contributed by atoms with Gasteiger partial charge >= 0.3 is 0 Å². The Labute approximate surface area is 135 Å². The summed E-state index contributed by atoms with van der Waals surface area (Å²) < 4.78 is 5.23. The molecule has 0 bridgehead atoms. The van der Waals surface area contributed by atoms with Gasteiger partial charge in [0.25, 0.3) is 0 Å². The molecule has 0 heterocycles. The van der Waals surface area contributed by atoms with Crippen molar-refractivity contribution < 1.29 is 14.3 Å². The molecule has 0 saturated heterocycles. The first-order chi connectivity index (χ1) is 10.5. The van der Waals surface area contributed by atoms with E-state index in [9.17, 15) is 9.59 Å². The van der Waals surface area contributed by atoms with Crippen LogP contribution in [0.5, 0.6) is 5.75 Å². The van der Waals surface area contributed by atoms with Gasteiger partial charge in [-0.3, -0.25) is 9.59 Å². The molecular weight excluding hydrogens is 304 g/mol. The van der Waals surface area contributed by atoms with Gasteiger partial charge in [0.05, 0.1) is 12.8 Å². The summed E-state index contributed by atoms with van der Waals surface area (Å²) in [6.07, 6.45) is 4.08. The highest BCUT2D eigenvalue weighted by Crippen LogP contribution is 2.31. The molecule has 1 aliphatic carbocycles. The van der Waals surface area contributed by atoms with Gasteiger partial charge in [-0.25, -0.2) is 0 Å². The fraction of sp³-hybridized carbons (Fsp3) is 0.500. The van der Waals surface area contributed by atoms with Gasteiger partial charge in [-0.05, 0) is 37.0 Å². The highest BCUT2D eigenvalue weighted by Gasteiger charge is 2.31. The van der Waals surface area contributed by atoms with Gasteiger partial charge in [0, 0.05) is 11.9 Å². The largest absolute Gasteiger partial charge is 0.495 e. The maximum atomic E-state index is 12.6. The molecule has 0 unspecified atom stereocenters. The van der Waals surface area contributed by atoms with Crippen molar-refractivity contribution in [1.82, 2.24) is 5.32 Å². The summed E-state index contributed by atoms with van der Waals surface area (Å²) in [5, 5.41) is 6.10. The highest BCUT2D eigenvalue weighted by atomic mass is 35.5. The number of methoxy groups -OCH3 is 1. The van der Waals surface area contributed by atoms with Crippen LogP contribution in [0.25, 0.3) is 0 Å². The molecule has 2 rings (SSSR count). The Morgan fingerprint density at radius 1 is 1.32 bits per heavy atom. The van der Waals surface area contributed by atoms with E-state index in [2.05, 4.69) is 10.6 Å². The molecule has 1 aliphatic rings. The number of ether oxygens (including phenoxy) is 1. The Balaban J connectivity index is 2.16. The quantitative estimate of drug-likeness (QED) is 0.875. The van der Waals surface area contributed by atoms with E-state index in [4.69, 9.17) is 16.3 Å². The van der Waals surface area contributed by atoms with Crippen LogP contribution in [0.2, 0.25) is 5.02 Å². The third-order valence-electron chi connectivity index (χ3n) is 3.93. The third kappa shape index (κ3) is 4.13. The van der Waals surface area contributed by atoms with E-state index in [0.717, 1.165) is 25.7 Å². The lowest BCUT2D eigenvalue weighted by molar-refractivity contribution is -0.126. The van der Waals surface area contributed by atoms with E-state index >= 15 is 0 Å². The van der Waals surface area contributed by atoms with E-state index in [1.807, 2.05) is 0 Å². The fourth-order valence-electron chi connectivity index (χ4n) is 2.90. The fourth-order valence-corrected chi connectivity index (χ4v) is 3.07.